The Labute approximate surface area is 99.4 Å². The van der Waals surface area contributed by atoms with Crippen molar-refractivity contribution >= 4 is 22.6 Å². The molecule has 0 saturated heterocycles. The van der Waals surface area contributed by atoms with Crippen molar-refractivity contribution in [2.24, 2.45) is 0 Å². The van der Waals surface area contributed by atoms with E-state index in [9.17, 15) is 0 Å². The Kier molecular flexibility index (Phi) is 3.81. The molecule has 0 aliphatic heterocycles. The summed E-state index contributed by atoms with van der Waals surface area (Å²) in [5.41, 5.74) is 1.50. The second-order valence-corrected chi connectivity index (χ2v) is 4.93. The van der Waals surface area contributed by atoms with Gasteiger partial charge in [0.25, 0.3) is 0 Å². The van der Waals surface area contributed by atoms with Crippen molar-refractivity contribution in [3.05, 3.63) is 35.9 Å². The number of halogens is 1. The molecular formula is C12H16IN. The fraction of sp³-hybridized carbons (Fsp3) is 0.500. The van der Waals surface area contributed by atoms with Gasteiger partial charge in [-0.25, -0.2) is 0 Å². The van der Waals surface area contributed by atoms with Crippen LogP contribution in [0.15, 0.2) is 30.3 Å². The Bertz CT molecular complexity index is 273. The number of hydrogen-bond donors (Lipinski definition) is 1. The molecule has 0 bridgehead atoms. The molecular weight excluding hydrogens is 285 g/mol. The molecule has 2 heteroatoms. The molecule has 2 unspecified atom stereocenters. The Morgan fingerprint density at radius 3 is 2.79 bits per heavy atom. The average molecular weight is 301 g/mol. The van der Waals surface area contributed by atoms with Gasteiger partial charge in [0, 0.05) is 16.4 Å². The third-order valence-corrected chi connectivity index (χ3v) is 3.50. The first-order valence-electron chi connectivity index (χ1n) is 5.26. The van der Waals surface area contributed by atoms with Gasteiger partial charge in [0.05, 0.1) is 0 Å². The standard InChI is InChI=1S/C12H16IN/c13-7-4-8-14-12-9-11(12)10-5-2-1-3-6-10/h1-3,5-6,11-12,14H,4,7-9H2. The Balaban J connectivity index is 1.76. The van der Waals surface area contributed by atoms with Gasteiger partial charge in [0.2, 0.25) is 0 Å². The van der Waals surface area contributed by atoms with E-state index in [0.29, 0.717) is 0 Å². The van der Waals surface area contributed by atoms with Crippen LogP contribution >= 0.6 is 22.6 Å². The lowest BCUT2D eigenvalue weighted by atomic mass is 10.1. The lowest BCUT2D eigenvalue weighted by molar-refractivity contribution is 0.664. The SMILES string of the molecule is ICCCNC1CC1c1ccccc1. The van der Waals surface area contributed by atoms with Crippen LogP contribution in [0, 0.1) is 0 Å². The van der Waals surface area contributed by atoms with Crippen LogP contribution in [0.1, 0.15) is 24.3 Å². The molecule has 0 heterocycles. The zero-order valence-electron chi connectivity index (χ0n) is 8.25. The smallest absolute Gasteiger partial charge is 0.0143 e. The fourth-order valence-electron chi connectivity index (χ4n) is 1.84. The first-order chi connectivity index (χ1) is 6.92. The molecule has 1 aromatic rings. The number of nitrogens with one attached hydrogen (secondary N) is 1. The maximum Gasteiger partial charge on any atom is 0.0143 e. The Morgan fingerprint density at radius 2 is 2.07 bits per heavy atom. The summed E-state index contributed by atoms with van der Waals surface area (Å²) in [5.74, 6) is 0.783. The van der Waals surface area contributed by atoms with Gasteiger partial charge in [-0.1, -0.05) is 52.9 Å². The highest BCUT2D eigenvalue weighted by molar-refractivity contribution is 14.1. The summed E-state index contributed by atoms with van der Waals surface area (Å²) in [6, 6.07) is 11.6. The van der Waals surface area contributed by atoms with Gasteiger partial charge in [0.15, 0.2) is 0 Å². The van der Waals surface area contributed by atoms with Crippen LogP contribution in [0.25, 0.3) is 0 Å². The number of benzene rings is 1. The van der Waals surface area contributed by atoms with Crippen LogP contribution in [-0.2, 0) is 0 Å². The second kappa shape index (κ2) is 5.12. The minimum absolute atomic E-state index is 0.750. The van der Waals surface area contributed by atoms with Gasteiger partial charge >= 0.3 is 0 Å². The second-order valence-electron chi connectivity index (χ2n) is 3.86. The summed E-state index contributed by atoms with van der Waals surface area (Å²) in [4.78, 5) is 0. The van der Waals surface area contributed by atoms with Crippen molar-refractivity contribution < 1.29 is 0 Å². The molecule has 0 spiro atoms. The van der Waals surface area contributed by atoms with Crippen molar-refractivity contribution in [1.29, 1.82) is 0 Å². The topological polar surface area (TPSA) is 12.0 Å². The van der Waals surface area contributed by atoms with Gasteiger partial charge < -0.3 is 5.32 Å². The maximum atomic E-state index is 3.60. The quantitative estimate of drug-likeness (QED) is 0.501. The van der Waals surface area contributed by atoms with Crippen LogP contribution in [0.2, 0.25) is 0 Å². The molecule has 1 nitrogen and oxygen atoms in total. The summed E-state index contributed by atoms with van der Waals surface area (Å²) in [7, 11) is 0. The Hall–Kier alpha value is -0.0900. The molecule has 1 saturated carbocycles. The van der Waals surface area contributed by atoms with E-state index in [1.54, 1.807) is 0 Å². The highest BCUT2D eigenvalue weighted by atomic mass is 127. The molecule has 1 N–H and O–H groups in total. The molecule has 0 radical (unpaired) electrons. The van der Waals surface area contributed by atoms with E-state index in [2.05, 4.69) is 58.2 Å². The zero-order valence-corrected chi connectivity index (χ0v) is 10.4. The summed E-state index contributed by atoms with van der Waals surface area (Å²) in [6.07, 6.45) is 2.61. The zero-order chi connectivity index (χ0) is 9.80. The van der Waals surface area contributed by atoms with E-state index in [4.69, 9.17) is 0 Å². The van der Waals surface area contributed by atoms with Crippen LogP contribution in [-0.4, -0.2) is 17.0 Å². The highest BCUT2D eigenvalue weighted by Gasteiger charge is 2.37. The van der Waals surface area contributed by atoms with Crippen molar-refractivity contribution in [1.82, 2.24) is 5.32 Å². The minimum atomic E-state index is 0.750. The predicted octanol–water partition coefficient (Wildman–Crippen LogP) is 2.96. The molecule has 1 aliphatic carbocycles. The van der Waals surface area contributed by atoms with Crippen molar-refractivity contribution in [2.75, 3.05) is 11.0 Å². The highest BCUT2D eigenvalue weighted by Crippen LogP contribution is 2.40. The van der Waals surface area contributed by atoms with E-state index < -0.39 is 0 Å². The third kappa shape index (κ3) is 2.70. The van der Waals surface area contributed by atoms with E-state index in [-0.39, 0.29) is 0 Å². The lowest BCUT2D eigenvalue weighted by Crippen LogP contribution is -2.19. The third-order valence-electron chi connectivity index (χ3n) is 2.74. The molecule has 2 atom stereocenters. The van der Waals surface area contributed by atoms with E-state index in [1.807, 2.05) is 0 Å². The first kappa shape index (κ1) is 10.4. The first-order valence-corrected chi connectivity index (χ1v) is 6.78. The van der Waals surface area contributed by atoms with E-state index in [0.717, 1.165) is 12.0 Å². The van der Waals surface area contributed by atoms with Gasteiger partial charge in [-0.2, -0.15) is 0 Å². The summed E-state index contributed by atoms with van der Waals surface area (Å²) < 4.78 is 1.26. The van der Waals surface area contributed by atoms with E-state index >= 15 is 0 Å². The molecule has 2 rings (SSSR count). The van der Waals surface area contributed by atoms with E-state index in [1.165, 1.54) is 29.4 Å². The normalized spacial score (nSPS) is 24.9. The molecule has 1 aromatic carbocycles. The fourth-order valence-corrected chi connectivity index (χ4v) is 2.22. The monoisotopic (exact) mass is 301 g/mol. The minimum Gasteiger partial charge on any atom is -0.313 e. The number of rotatable bonds is 5. The largest absolute Gasteiger partial charge is 0.313 e. The number of alkyl halides is 1. The predicted molar refractivity (Wildman–Crippen MR) is 69.1 cm³/mol. The summed E-state index contributed by atoms with van der Waals surface area (Å²) >= 11 is 2.43. The van der Waals surface area contributed by atoms with Crippen LogP contribution in [0.4, 0.5) is 0 Å². The van der Waals surface area contributed by atoms with Crippen molar-refractivity contribution in [3.8, 4) is 0 Å². The lowest BCUT2D eigenvalue weighted by Gasteiger charge is -2.02. The van der Waals surface area contributed by atoms with Crippen molar-refractivity contribution in [2.45, 2.75) is 24.8 Å². The van der Waals surface area contributed by atoms with Gasteiger partial charge in [-0.3, -0.25) is 0 Å². The molecule has 14 heavy (non-hydrogen) atoms. The average Bonchev–Trinajstić information content (AvgIpc) is 2.99. The summed E-state index contributed by atoms with van der Waals surface area (Å²) in [6.45, 7) is 1.18. The van der Waals surface area contributed by atoms with Crippen molar-refractivity contribution in [3.63, 3.8) is 0 Å². The number of hydrogen-bond acceptors (Lipinski definition) is 1. The van der Waals surface area contributed by atoms with Crippen LogP contribution in [0.3, 0.4) is 0 Å². The molecule has 76 valence electrons. The molecule has 1 aliphatic rings. The maximum absolute atomic E-state index is 3.60. The Morgan fingerprint density at radius 1 is 1.29 bits per heavy atom. The molecule has 1 fully saturated rings. The molecule has 0 aromatic heterocycles. The van der Waals surface area contributed by atoms with Crippen LogP contribution in [0.5, 0.6) is 0 Å². The van der Waals surface area contributed by atoms with Crippen LogP contribution < -0.4 is 5.32 Å². The van der Waals surface area contributed by atoms with Gasteiger partial charge in [0.1, 0.15) is 0 Å². The van der Waals surface area contributed by atoms with Gasteiger partial charge in [-0.15, -0.1) is 0 Å². The van der Waals surface area contributed by atoms with Gasteiger partial charge in [-0.05, 0) is 24.9 Å². The summed E-state index contributed by atoms with van der Waals surface area (Å²) in [5, 5.41) is 3.60. The molecule has 0 amide bonds.